The van der Waals surface area contributed by atoms with Crippen LogP contribution in [0.25, 0.3) is 0 Å². The van der Waals surface area contributed by atoms with Crippen molar-refractivity contribution in [2.24, 2.45) is 5.84 Å². The first-order valence-electron chi connectivity index (χ1n) is 5.46. The van der Waals surface area contributed by atoms with Gasteiger partial charge in [0.1, 0.15) is 5.82 Å². The van der Waals surface area contributed by atoms with Crippen LogP contribution in [-0.4, -0.2) is 25.6 Å². The van der Waals surface area contributed by atoms with E-state index in [2.05, 4.69) is 26.0 Å². The summed E-state index contributed by atoms with van der Waals surface area (Å²) in [6.07, 6.45) is 0. The molecule has 110 valence electrons. The molecular weight excluding hydrogens is 351 g/mol. The fourth-order valence-electron chi connectivity index (χ4n) is 1.57. The van der Waals surface area contributed by atoms with Gasteiger partial charge in [0.25, 0.3) is 10.6 Å². The molecule has 0 atom stereocenters. The van der Waals surface area contributed by atoms with Crippen LogP contribution in [0.3, 0.4) is 0 Å². The van der Waals surface area contributed by atoms with Crippen molar-refractivity contribution in [3.63, 3.8) is 0 Å². The monoisotopic (exact) mass is 358 g/mol. The number of halogens is 2. The molecule has 3 N–H and O–H groups in total. The molecule has 1 aromatic heterocycles. The summed E-state index contributed by atoms with van der Waals surface area (Å²) in [7, 11) is 0. The first-order valence-corrected chi connectivity index (χ1v) is 6.25. The van der Waals surface area contributed by atoms with Crippen molar-refractivity contribution >= 4 is 27.8 Å². The molecule has 1 heterocycles. The molecule has 0 unspecified atom stereocenters. The van der Waals surface area contributed by atoms with Crippen LogP contribution in [0.4, 0.5) is 10.3 Å². The van der Waals surface area contributed by atoms with E-state index < -0.39 is 22.6 Å². The van der Waals surface area contributed by atoms with Gasteiger partial charge in [0.15, 0.2) is 0 Å². The van der Waals surface area contributed by atoms with Crippen LogP contribution >= 0.6 is 15.9 Å². The van der Waals surface area contributed by atoms with Crippen LogP contribution in [0, 0.1) is 15.9 Å². The third-order valence-corrected chi connectivity index (χ3v) is 3.12. The van der Waals surface area contributed by atoms with E-state index in [1.807, 2.05) is 5.43 Å². The number of amides is 1. The lowest BCUT2D eigenvalue weighted by molar-refractivity contribution is -0.394. The SMILES string of the molecule is NNC(=O)c1ccc(F)c(Cn2nc([N+](=O)[O-])nc2Br)c1. The Morgan fingerprint density at radius 2 is 2.29 bits per heavy atom. The summed E-state index contributed by atoms with van der Waals surface area (Å²) < 4.78 is 14.9. The van der Waals surface area contributed by atoms with Gasteiger partial charge in [-0.15, -0.1) is 0 Å². The summed E-state index contributed by atoms with van der Waals surface area (Å²) in [5.74, 6) is 3.22. The Balaban J connectivity index is 2.35. The van der Waals surface area contributed by atoms with Gasteiger partial charge in [0.2, 0.25) is 0 Å². The first-order chi connectivity index (χ1) is 9.92. The van der Waals surface area contributed by atoms with Gasteiger partial charge in [-0.2, -0.15) is 4.68 Å². The maximum Gasteiger partial charge on any atom is 0.492 e. The number of nitrogen functional groups attached to an aromatic ring is 1. The van der Waals surface area contributed by atoms with Crippen LogP contribution in [0.1, 0.15) is 15.9 Å². The molecule has 0 aliphatic heterocycles. The normalized spacial score (nSPS) is 10.4. The molecule has 1 amide bonds. The number of nitrogens with one attached hydrogen (secondary N) is 1. The Labute approximate surface area is 125 Å². The van der Waals surface area contributed by atoms with Crippen LogP contribution in [0.15, 0.2) is 22.9 Å². The number of nitrogens with zero attached hydrogens (tertiary/aromatic N) is 4. The molecule has 0 spiro atoms. The number of nitro groups is 1. The molecular formula is C10H8BrFN6O3. The topological polar surface area (TPSA) is 129 Å². The number of carbonyl (C=O) groups is 1. The number of nitrogens with two attached hydrogens (primary N) is 1. The Hall–Kier alpha value is -2.40. The maximum absolute atomic E-state index is 13.7. The van der Waals surface area contributed by atoms with Crippen LogP contribution in [0.5, 0.6) is 0 Å². The second kappa shape index (κ2) is 5.93. The zero-order valence-electron chi connectivity index (χ0n) is 10.3. The molecule has 9 nitrogen and oxygen atoms in total. The van der Waals surface area contributed by atoms with Gasteiger partial charge in [-0.25, -0.2) is 10.2 Å². The minimum atomic E-state index is -0.768. The number of hydrogen-bond donors (Lipinski definition) is 2. The molecule has 0 saturated carbocycles. The minimum Gasteiger partial charge on any atom is -0.390 e. The molecule has 0 radical (unpaired) electrons. The van der Waals surface area contributed by atoms with Crippen molar-refractivity contribution in [3.05, 3.63) is 50.0 Å². The van der Waals surface area contributed by atoms with E-state index in [4.69, 9.17) is 5.84 Å². The van der Waals surface area contributed by atoms with Crippen molar-refractivity contribution in [1.29, 1.82) is 0 Å². The Bertz CT molecular complexity index is 719. The quantitative estimate of drug-likeness (QED) is 0.359. The molecule has 0 fully saturated rings. The summed E-state index contributed by atoms with van der Waals surface area (Å²) in [5.41, 5.74) is 2.19. The fourth-order valence-corrected chi connectivity index (χ4v) is 1.93. The standard InChI is InChI=1S/C10H8BrFN6O3/c11-9-14-10(18(20)21)16-17(9)4-6-3-5(8(19)15-13)1-2-7(6)12/h1-3H,4,13H2,(H,15,19). The van der Waals surface area contributed by atoms with E-state index in [1.54, 1.807) is 0 Å². The van der Waals surface area contributed by atoms with Crippen LogP contribution < -0.4 is 11.3 Å². The summed E-state index contributed by atoms with van der Waals surface area (Å²) >= 11 is 2.99. The first kappa shape index (κ1) is 15.0. The lowest BCUT2D eigenvalue weighted by atomic mass is 10.1. The third-order valence-electron chi connectivity index (χ3n) is 2.54. The summed E-state index contributed by atoms with van der Waals surface area (Å²) in [5, 5.41) is 14.2. The van der Waals surface area contributed by atoms with Crippen LogP contribution in [-0.2, 0) is 6.54 Å². The average Bonchev–Trinajstić information content (AvgIpc) is 2.82. The molecule has 0 aliphatic carbocycles. The molecule has 0 bridgehead atoms. The molecule has 11 heteroatoms. The predicted octanol–water partition coefficient (Wildman–Crippen LogP) is 0.740. The Kier molecular flexibility index (Phi) is 4.23. The number of hydrogen-bond acceptors (Lipinski definition) is 6. The number of carbonyl (C=O) groups excluding carboxylic acids is 1. The maximum atomic E-state index is 13.7. The van der Waals surface area contributed by atoms with E-state index >= 15 is 0 Å². The van der Waals surface area contributed by atoms with E-state index in [-0.39, 0.29) is 22.4 Å². The second-order valence-corrected chi connectivity index (χ2v) is 4.58. The van der Waals surface area contributed by atoms with Gasteiger partial charge in [-0.3, -0.25) is 10.2 Å². The zero-order valence-corrected chi connectivity index (χ0v) is 11.9. The summed E-state index contributed by atoms with van der Waals surface area (Å²) in [6, 6.07) is 3.64. The molecule has 0 saturated heterocycles. The Morgan fingerprint density at radius 1 is 1.57 bits per heavy atom. The average molecular weight is 359 g/mol. The third kappa shape index (κ3) is 3.20. The van der Waals surface area contributed by atoms with Crippen molar-refractivity contribution in [2.75, 3.05) is 0 Å². The highest BCUT2D eigenvalue weighted by Gasteiger charge is 2.20. The van der Waals surface area contributed by atoms with Gasteiger partial charge < -0.3 is 10.1 Å². The highest BCUT2D eigenvalue weighted by Crippen LogP contribution is 2.17. The molecule has 1 aromatic carbocycles. The lowest BCUT2D eigenvalue weighted by Crippen LogP contribution is -2.30. The number of rotatable bonds is 4. The number of aromatic nitrogens is 3. The summed E-state index contributed by atoms with van der Waals surface area (Å²) in [4.78, 5) is 24.8. The smallest absolute Gasteiger partial charge is 0.390 e. The van der Waals surface area contributed by atoms with E-state index in [0.717, 1.165) is 10.7 Å². The van der Waals surface area contributed by atoms with Crippen LogP contribution in [0.2, 0.25) is 0 Å². The minimum absolute atomic E-state index is 0.0716. The van der Waals surface area contributed by atoms with Crippen molar-refractivity contribution in [1.82, 2.24) is 20.2 Å². The van der Waals surface area contributed by atoms with Gasteiger partial charge >= 0.3 is 5.95 Å². The fraction of sp³-hybridized carbons (Fsp3) is 0.100. The van der Waals surface area contributed by atoms with Gasteiger partial charge in [0, 0.05) is 32.2 Å². The highest BCUT2D eigenvalue weighted by molar-refractivity contribution is 9.10. The zero-order chi connectivity index (χ0) is 15.6. The van der Waals surface area contributed by atoms with E-state index in [0.29, 0.717) is 0 Å². The van der Waals surface area contributed by atoms with Gasteiger partial charge in [0.05, 0.1) is 6.54 Å². The van der Waals surface area contributed by atoms with E-state index in [1.165, 1.54) is 12.1 Å². The number of hydrazine groups is 1. The van der Waals surface area contributed by atoms with E-state index in [9.17, 15) is 19.3 Å². The second-order valence-electron chi connectivity index (χ2n) is 3.88. The van der Waals surface area contributed by atoms with Gasteiger partial charge in [-0.05, 0) is 28.1 Å². The van der Waals surface area contributed by atoms with Crippen molar-refractivity contribution in [2.45, 2.75) is 6.54 Å². The summed E-state index contributed by atoms with van der Waals surface area (Å²) in [6.45, 7) is -0.140. The lowest BCUT2D eigenvalue weighted by Gasteiger charge is -2.05. The van der Waals surface area contributed by atoms with Crippen molar-refractivity contribution < 1.29 is 14.1 Å². The largest absolute Gasteiger partial charge is 0.492 e. The Morgan fingerprint density at radius 3 is 2.86 bits per heavy atom. The molecule has 21 heavy (non-hydrogen) atoms. The molecule has 0 aliphatic rings. The highest BCUT2D eigenvalue weighted by atomic mass is 79.9. The molecule has 2 aromatic rings. The number of benzene rings is 1. The predicted molar refractivity (Wildman–Crippen MR) is 71.5 cm³/mol. The molecule has 2 rings (SSSR count). The van der Waals surface area contributed by atoms with Gasteiger partial charge in [-0.1, -0.05) is 0 Å². The van der Waals surface area contributed by atoms with Crippen molar-refractivity contribution in [3.8, 4) is 0 Å².